The molecule has 1 fully saturated rings. The summed E-state index contributed by atoms with van der Waals surface area (Å²) in [6.07, 6.45) is 0. The minimum Gasteiger partial charge on any atom is -0.462 e. The maximum absolute atomic E-state index is 12.1. The van der Waals surface area contributed by atoms with Crippen molar-refractivity contribution in [2.75, 3.05) is 23.6 Å². The summed E-state index contributed by atoms with van der Waals surface area (Å²) in [5.74, 6) is 1.27. The van der Waals surface area contributed by atoms with Gasteiger partial charge in [-0.15, -0.1) is 35.5 Å². The number of rotatable bonds is 4. The molecule has 1 amide bonds. The van der Waals surface area contributed by atoms with Gasteiger partial charge in [0.25, 0.3) is 0 Å². The predicted molar refractivity (Wildman–Crippen MR) is 97.9 cm³/mol. The molecule has 0 saturated carbocycles. The largest absolute Gasteiger partial charge is 0.462 e. The van der Waals surface area contributed by atoms with Gasteiger partial charge in [0.1, 0.15) is 4.88 Å². The summed E-state index contributed by atoms with van der Waals surface area (Å²) in [5, 5.41) is 6.98. The summed E-state index contributed by atoms with van der Waals surface area (Å²) < 4.78 is 6.01. The third-order valence-corrected chi connectivity index (χ3v) is 5.33. The van der Waals surface area contributed by atoms with Crippen LogP contribution in [0.15, 0.2) is 24.3 Å². The van der Waals surface area contributed by atoms with Gasteiger partial charge in [-0.05, 0) is 36.6 Å². The van der Waals surface area contributed by atoms with Gasteiger partial charge in [0.15, 0.2) is 0 Å². The number of hydrogen-bond acceptors (Lipinski definition) is 6. The maximum Gasteiger partial charge on any atom is 0.348 e. The standard InChI is InChI=1S/C15H16N2O3S2.ClH/c1-2-20-15(19)13-6-9-5-10(3-4-12(9)22-13)17-14(18)11-7-21-8-16-11;/h3-6,11,16H,2,7-8H2,1H3,(H,17,18);1H. The molecule has 0 aliphatic carbocycles. The smallest absolute Gasteiger partial charge is 0.348 e. The molecule has 1 atom stereocenters. The van der Waals surface area contributed by atoms with E-state index in [0.29, 0.717) is 11.5 Å². The van der Waals surface area contributed by atoms with Crippen LogP contribution in [0.5, 0.6) is 0 Å². The molecule has 0 spiro atoms. The van der Waals surface area contributed by atoms with Crippen molar-refractivity contribution in [2.45, 2.75) is 13.0 Å². The Morgan fingerprint density at radius 2 is 2.22 bits per heavy atom. The molecule has 1 aromatic heterocycles. The van der Waals surface area contributed by atoms with Crippen LogP contribution in [0, 0.1) is 0 Å². The van der Waals surface area contributed by atoms with Gasteiger partial charge in [0.2, 0.25) is 5.91 Å². The summed E-state index contributed by atoms with van der Waals surface area (Å²) in [6.45, 7) is 2.15. The summed E-state index contributed by atoms with van der Waals surface area (Å²) in [4.78, 5) is 24.4. The molecule has 124 valence electrons. The van der Waals surface area contributed by atoms with E-state index in [1.807, 2.05) is 18.2 Å². The average molecular weight is 373 g/mol. The Hall–Kier alpha value is -1.28. The van der Waals surface area contributed by atoms with Crippen molar-refractivity contribution < 1.29 is 14.3 Å². The van der Waals surface area contributed by atoms with E-state index >= 15 is 0 Å². The van der Waals surface area contributed by atoms with Gasteiger partial charge in [-0.1, -0.05) is 0 Å². The predicted octanol–water partition coefficient (Wildman–Crippen LogP) is 3.10. The molecule has 3 rings (SSSR count). The van der Waals surface area contributed by atoms with Crippen LogP contribution < -0.4 is 10.6 Å². The lowest BCUT2D eigenvalue weighted by Crippen LogP contribution is -2.37. The number of esters is 1. The Labute approximate surface area is 148 Å². The lowest BCUT2D eigenvalue weighted by Gasteiger charge is -2.10. The second-order valence-electron chi connectivity index (χ2n) is 4.84. The van der Waals surface area contributed by atoms with Gasteiger partial charge < -0.3 is 10.1 Å². The number of ether oxygens (including phenoxy) is 1. The summed E-state index contributed by atoms with van der Waals surface area (Å²) >= 11 is 3.11. The molecule has 1 aromatic carbocycles. The fraction of sp³-hybridized carbons (Fsp3) is 0.333. The number of fused-ring (bicyclic) bond motifs is 1. The third-order valence-electron chi connectivity index (χ3n) is 3.29. The number of nitrogens with one attached hydrogen (secondary N) is 2. The minimum atomic E-state index is -0.304. The van der Waals surface area contributed by atoms with Gasteiger partial charge >= 0.3 is 5.97 Å². The zero-order valence-electron chi connectivity index (χ0n) is 12.5. The molecule has 2 aromatic rings. The monoisotopic (exact) mass is 372 g/mol. The first-order valence-corrected chi connectivity index (χ1v) is 8.97. The number of anilines is 1. The van der Waals surface area contributed by atoms with Gasteiger partial charge in [-0.25, -0.2) is 4.79 Å². The van der Waals surface area contributed by atoms with Crippen molar-refractivity contribution in [3.63, 3.8) is 0 Å². The number of halogens is 1. The molecule has 1 saturated heterocycles. The van der Waals surface area contributed by atoms with E-state index in [-0.39, 0.29) is 30.3 Å². The lowest BCUT2D eigenvalue weighted by atomic mass is 10.2. The normalized spacial score (nSPS) is 16.8. The zero-order valence-corrected chi connectivity index (χ0v) is 14.9. The molecule has 0 radical (unpaired) electrons. The summed E-state index contributed by atoms with van der Waals surface area (Å²) in [5.41, 5.74) is 0.740. The van der Waals surface area contributed by atoms with Crippen molar-refractivity contribution in [1.29, 1.82) is 0 Å². The number of thioether (sulfide) groups is 1. The van der Waals surface area contributed by atoms with Gasteiger partial charge in [0.05, 0.1) is 12.6 Å². The van der Waals surface area contributed by atoms with E-state index in [2.05, 4.69) is 10.6 Å². The maximum atomic E-state index is 12.1. The molecule has 23 heavy (non-hydrogen) atoms. The lowest BCUT2D eigenvalue weighted by molar-refractivity contribution is -0.117. The van der Waals surface area contributed by atoms with Crippen molar-refractivity contribution in [2.24, 2.45) is 0 Å². The van der Waals surface area contributed by atoms with Crippen LogP contribution in [0.3, 0.4) is 0 Å². The van der Waals surface area contributed by atoms with Crippen LogP contribution in [0.1, 0.15) is 16.6 Å². The topological polar surface area (TPSA) is 67.4 Å². The van der Waals surface area contributed by atoms with E-state index < -0.39 is 0 Å². The first-order valence-electron chi connectivity index (χ1n) is 7.00. The second kappa shape index (κ2) is 8.01. The number of amides is 1. The molecule has 8 heteroatoms. The van der Waals surface area contributed by atoms with Crippen LogP contribution in [-0.4, -0.2) is 36.2 Å². The highest BCUT2D eigenvalue weighted by Crippen LogP contribution is 2.29. The molecule has 2 heterocycles. The summed E-state index contributed by atoms with van der Waals surface area (Å²) in [6, 6.07) is 7.31. The zero-order chi connectivity index (χ0) is 15.5. The van der Waals surface area contributed by atoms with Crippen molar-refractivity contribution in [3.8, 4) is 0 Å². The van der Waals surface area contributed by atoms with Crippen LogP contribution in [0.4, 0.5) is 5.69 Å². The Bertz CT molecular complexity index is 714. The highest BCUT2D eigenvalue weighted by atomic mass is 35.5. The van der Waals surface area contributed by atoms with Gasteiger partial charge in [-0.2, -0.15) is 0 Å². The van der Waals surface area contributed by atoms with E-state index in [1.165, 1.54) is 11.3 Å². The van der Waals surface area contributed by atoms with Crippen LogP contribution >= 0.6 is 35.5 Å². The SMILES string of the molecule is CCOC(=O)c1cc2cc(NC(=O)C3CSCN3)ccc2s1.Cl. The molecule has 1 unspecified atom stereocenters. The van der Waals surface area contributed by atoms with Crippen LogP contribution in [0.25, 0.3) is 10.1 Å². The molecular formula is C15H17ClN2O3S2. The number of carbonyl (C=O) groups is 2. The highest BCUT2D eigenvalue weighted by Gasteiger charge is 2.22. The van der Waals surface area contributed by atoms with Crippen LogP contribution in [0.2, 0.25) is 0 Å². The van der Waals surface area contributed by atoms with E-state index in [4.69, 9.17) is 4.74 Å². The molecule has 2 N–H and O–H groups in total. The third kappa shape index (κ3) is 4.17. The fourth-order valence-electron chi connectivity index (χ4n) is 2.22. The fourth-order valence-corrected chi connectivity index (χ4v) is 4.10. The van der Waals surface area contributed by atoms with Crippen molar-refractivity contribution in [3.05, 3.63) is 29.1 Å². The van der Waals surface area contributed by atoms with Gasteiger partial charge in [-0.3, -0.25) is 10.1 Å². The number of thiophene rings is 1. The molecular weight excluding hydrogens is 356 g/mol. The highest BCUT2D eigenvalue weighted by molar-refractivity contribution is 7.99. The van der Waals surface area contributed by atoms with Crippen LogP contribution in [-0.2, 0) is 9.53 Å². The van der Waals surface area contributed by atoms with E-state index in [0.717, 1.165) is 27.4 Å². The van der Waals surface area contributed by atoms with Crippen molar-refractivity contribution >= 4 is 63.2 Å². The molecule has 1 aliphatic heterocycles. The Balaban J connectivity index is 0.00000192. The Morgan fingerprint density at radius 3 is 2.91 bits per heavy atom. The van der Waals surface area contributed by atoms with Crippen molar-refractivity contribution in [1.82, 2.24) is 5.32 Å². The average Bonchev–Trinajstić information content (AvgIpc) is 3.16. The van der Waals surface area contributed by atoms with E-state index in [1.54, 1.807) is 24.8 Å². The second-order valence-corrected chi connectivity index (χ2v) is 6.96. The number of carbonyl (C=O) groups excluding carboxylic acids is 2. The summed E-state index contributed by atoms with van der Waals surface area (Å²) in [7, 11) is 0. The van der Waals surface area contributed by atoms with Gasteiger partial charge in [0, 0.05) is 22.0 Å². The Kier molecular flexibility index (Phi) is 6.29. The first-order chi connectivity index (χ1) is 10.7. The van der Waals surface area contributed by atoms with E-state index in [9.17, 15) is 9.59 Å². The molecule has 5 nitrogen and oxygen atoms in total. The molecule has 1 aliphatic rings. The molecule has 0 bridgehead atoms. The number of hydrogen-bond donors (Lipinski definition) is 2. The minimum absolute atomic E-state index is 0. The number of benzene rings is 1. The quantitative estimate of drug-likeness (QED) is 0.807. The Morgan fingerprint density at radius 1 is 1.39 bits per heavy atom. The first kappa shape index (κ1) is 18.1.